The van der Waals surface area contributed by atoms with Gasteiger partial charge in [-0.05, 0) is 30.4 Å². The molecule has 22 heavy (non-hydrogen) atoms. The molecule has 6 nitrogen and oxygen atoms in total. The largest absolute Gasteiger partial charge is 0.465 e. The monoisotopic (exact) mass is 312 g/mol. The van der Waals surface area contributed by atoms with Crippen LogP contribution >= 0.6 is 12.2 Å². The van der Waals surface area contributed by atoms with E-state index < -0.39 is 5.97 Å². The van der Waals surface area contributed by atoms with Crippen molar-refractivity contribution in [3.05, 3.63) is 58.5 Å². The van der Waals surface area contributed by atoms with Crippen molar-refractivity contribution in [3.8, 4) is 0 Å². The highest BCUT2D eigenvalue weighted by molar-refractivity contribution is 7.71. The number of benzene rings is 1. The molecule has 1 N–H and O–H groups in total. The fourth-order valence-corrected chi connectivity index (χ4v) is 2.30. The second-order valence-electron chi connectivity index (χ2n) is 4.44. The van der Waals surface area contributed by atoms with E-state index in [4.69, 9.17) is 17.0 Å². The van der Waals surface area contributed by atoms with Gasteiger partial charge >= 0.3 is 5.97 Å². The molecule has 7 heteroatoms. The van der Waals surface area contributed by atoms with Crippen molar-refractivity contribution < 1.29 is 9.53 Å². The second kappa shape index (κ2) is 5.90. The number of nitrogens with one attached hydrogen (secondary N) is 1. The molecule has 0 aliphatic heterocycles. The van der Waals surface area contributed by atoms with Gasteiger partial charge in [0.05, 0.1) is 24.4 Å². The summed E-state index contributed by atoms with van der Waals surface area (Å²) in [5.74, 6) is -0.414. The average Bonchev–Trinajstić information content (AvgIpc) is 2.87. The van der Waals surface area contributed by atoms with Crippen molar-refractivity contribution in [1.29, 1.82) is 0 Å². The van der Waals surface area contributed by atoms with Crippen LogP contribution in [0, 0.1) is 4.77 Å². The molecule has 0 atom stereocenters. The molecule has 0 amide bonds. The fraction of sp³-hybridized carbons (Fsp3) is 0.0667. The molecule has 0 unspecified atom stereocenters. The van der Waals surface area contributed by atoms with Gasteiger partial charge < -0.3 is 9.72 Å². The first-order chi connectivity index (χ1) is 10.7. The summed E-state index contributed by atoms with van der Waals surface area (Å²) >= 11 is 5.24. The lowest BCUT2D eigenvalue weighted by atomic mass is 10.1. The van der Waals surface area contributed by atoms with Crippen LogP contribution in [0.5, 0.6) is 0 Å². The maximum Gasteiger partial charge on any atom is 0.338 e. The van der Waals surface area contributed by atoms with Crippen LogP contribution < -0.4 is 0 Å². The van der Waals surface area contributed by atoms with Crippen molar-refractivity contribution in [1.82, 2.24) is 14.6 Å². The lowest BCUT2D eigenvalue weighted by molar-refractivity contribution is 0.0600. The molecular formula is C15H12N4O2S. The average molecular weight is 312 g/mol. The number of esters is 1. The van der Waals surface area contributed by atoms with Crippen molar-refractivity contribution in [2.24, 2.45) is 5.10 Å². The van der Waals surface area contributed by atoms with Gasteiger partial charge in [-0.15, -0.1) is 0 Å². The molecule has 0 saturated carbocycles. The number of methoxy groups -OCH3 is 1. The Balaban J connectivity index is 2.06. The Kier molecular flexibility index (Phi) is 3.80. The molecule has 110 valence electrons. The predicted molar refractivity (Wildman–Crippen MR) is 85.7 cm³/mol. The van der Waals surface area contributed by atoms with E-state index in [1.165, 1.54) is 11.8 Å². The Labute approximate surface area is 131 Å². The normalized spacial score (nSPS) is 11.1. The summed E-state index contributed by atoms with van der Waals surface area (Å²) in [6.45, 7) is 0. The third kappa shape index (κ3) is 2.53. The van der Waals surface area contributed by atoms with E-state index >= 15 is 0 Å². The first-order valence-corrected chi connectivity index (χ1v) is 6.89. The number of carbonyl (C=O) groups excluding carboxylic acids is 1. The third-order valence-corrected chi connectivity index (χ3v) is 3.37. The van der Waals surface area contributed by atoms with E-state index in [1.807, 2.05) is 18.2 Å². The van der Waals surface area contributed by atoms with Crippen LogP contribution in [0.2, 0.25) is 0 Å². The molecule has 2 heterocycles. The minimum Gasteiger partial charge on any atom is -0.465 e. The molecule has 1 aromatic carbocycles. The van der Waals surface area contributed by atoms with Gasteiger partial charge in [-0.2, -0.15) is 9.78 Å². The quantitative estimate of drug-likeness (QED) is 0.458. The number of hydrogen-bond acceptors (Lipinski definition) is 5. The van der Waals surface area contributed by atoms with Crippen LogP contribution in [-0.4, -0.2) is 33.9 Å². The topological polar surface area (TPSA) is 72.3 Å². The van der Waals surface area contributed by atoms with Gasteiger partial charge in [-0.25, -0.2) is 9.78 Å². The van der Waals surface area contributed by atoms with Crippen LogP contribution in [0.1, 0.15) is 15.9 Å². The predicted octanol–water partition coefficient (Wildman–Crippen LogP) is 2.76. The van der Waals surface area contributed by atoms with E-state index in [9.17, 15) is 4.79 Å². The zero-order chi connectivity index (χ0) is 15.5. The highest BCUT2D eigenvalue weighted by atomic mass is 32.1. The first-order valence-electron chi connectivity index (χ1n) is 6.48. The SMILES string of the molecule is COC(=O)c1ccccc1/C=N/n1c(=S)[nH]c2cccnc21. The Bertz CT molecular complexity index is 926. The van der Waals surface area contributed by atoms with Crippen LogP contribution in [0.4, 0.5) is 0 Å². The van der Waals surface area contributed by atoms with Gasteiger partial charge in [0.15, 0.2) is 5.65 Å². The molecule has 0 spiro atoms. The number of ether oxygens (including phenoxy) is 1. The number of nitrogens with zero attached hydrogens (tertiary/aromatic N) is 3. The summed E-state index contributed by atoms with van der Waals surface area (Å²) in [7, 11) is 1.34. The van der Waals surface area contributed by atoms with Gasteiger partial charge in [0.1, 0.15) is 0 Å². The molecule has 0 saturated heterocycles. The number of imidazole rings is 1. The highest BCUT2D eigenvalue weighted by Gasteiger charge is 2.09. The standard InChI is InChI=1S/C15H12N4O2S/c1-21-14(20)11-6-3-2-5-10(11)9-17-19-13-12(18-15(19)22)7-4-8-16-13/h2-9H,1H3,(H,18,22)/b17-9+. The molecule has 2 aromatic heterocycles. The molecule has 3 rings (SSSR count). The zero-order valence-corrected chi connectivity index (χ0v) is 12.5. The molecule has 0 aliphatic carbocycles. The number of aromatic nitrogens is 3. The van der Waals surface area contributed by atoms with Crippen molar-refractivity contribution in [2.75, 3.05) is 7.11 Å². The highest BCUT2D eigenvalue weighted by Crippen LogP contribution is 2.12. The van der Waals surface area contributed by atoms with Gasteiger partial charge in [0, 0.05) is 11.8 Å². The Morgan fingerprint density at radius 1 is 1.36 bits per heavy atom. The summed E-state index contributed by atoms with van der Waals surface area (Å²) in [4.78, 5) is 19.0. The number of hydrogen-bond donors (Lipinski definition) is 1. The van der Waals surface area contributed by atoms with Gasteiger partial charge in [0.2, 0.25) is 4.77 Å². The zero-order valence-electron chi connectivity index (χ0n) is 11.7. The summed E-state index contributed by atoms with van der Waals surface area (Å²) in [5, 5.41) is 4.33. The maximum atomic E-state index is 11.7. The third-order valence-electron chi connectivity index (χ3n) is 3.10. The number of rotatable bonds is 3. The molecule has 3 aromatic rings. The Hall–Kier alpha value is -2.80. The summed E-state index contributed by atoms with van der Waals surface area (Å²) in [6, 6.07) is 10.7. The Morgan fingerprint density at radius 2 is 2.18 bits per heavy atom. The van der Waals surface area contributed by atoms with E-state index in [0.29, 0.717) is 21.5 Å². The van der Waals surface area contributed by atoms with Crippen LogP contribution in [0.25, 0.3) is 11.2 Å². The minimum atomic E-state index is -0.414. The van der Waals surface area contributed by atoms with E-state index in [1.54, 1.807) is 30.6 Å². The second-order valence-corrected chi connectivity index (χ2v) is 4.83. The summed E-state index contributed by atoms with van der Waals surface area (Å²) in [6.07, 6.45) is 3.23. The molecular weight excluding hydrogens is 300 g/mol. The number of H-pyrrole nitrogens is 1. The van der Waals surface area contributed by atoms with Crippen molar-refractivity contribution in [3.63, 3.8) is 0 Å². The molecule has 0 fully saturated rings. The molecule has 0 radical (unpaired) electrons. The number of pyridine rings is 1. The van der Waals surface area contributed by atoms with Crippen LogP contribution in [-0.2, 0) is 4.74 Å². The first kappa shape index (κ1) is 14.2. The van der Waals surface area contributed by atoms with Gasteiger partial charge in [0.25, 0.3) is 0 Å². The summed E-state index contributed by atoms with van der Waals surface area (Å²) in [5.41, 5.74) is 2.50. The van der Waals surface area contributed by atoms with Crippen molar-refractivity contribution >= 4 is 35.6 Å². The molecule has 0 aliphatic rings. The smallest absolute Gasteiger partial charge is 0.338 e. The number of aromatic amines is 1. The minimum absolute atomic E-state index is 0.414. The lowest BCUT2D eigenvalue weighted by Crippen LogP contribution is -2.05. The van der Waals surface area contributed by atoms with Crippen LogP contribution in [0.3, 0.4) is 0 Å². The van der Waals surface area contributed by atoms with E-state index in [0.717, 1.165) is 5.52 Å². The number of carbonyl (C=O) groups is 1. The van der Waals surface area contributed by atoms with Gasteiger partial charge in [-0.1, -0.05) is 18.2 Å². The van der Waals surface area contributed by atoms with Crippen molar-refractivity contribution in [2.45, 2.75) is 0 Å². The fourth-order valence-electron chi connectivity index (χ4n) is 2.06. The Morgan fingerprint density at radius 3 is 3.00 bits per heavy atom. The maximum absolute atomic E-state index is 11.7. The number of fused-ring (bicyclic) bond motifs is 1. The van der Waals surface area contributed by atoms with Crippen LogP contribution in [0.15, 0.2) is 47.7 Å². The van der Waals surface area contributed by atoms with Gasteiger partial charge in [-0.3, -0.25) is 0 Å². The lowest BCUT2D eigenvalue weighted by Gasteiger charge is -2.02. The summed E-state index contributed by atoms with van der Waals surface area (Å²) < 4.78 is 6.71. The van der Waals surface area contributed by atoms with E-state index in [-0.39, 0.29) is 0 Å². The van der Waals surface area contributed by atoms with E-state index in [2.05, 4.69) is 15.1 Å². The molecule has 0 bridgehead atoms.